The number of amides is 1. The van der Waals surface area contributed by atoms with Crippen molar-refractivity contribution < 1.29 is 9.18 Å². The van der Waals surface area contributed by atoms with E-state index in [0.29, 0.717) is 0 Å². The molecule has 1 amide bonds. The quantitative estimate of drug-likeness (QED) is 0.734. The van der Waals surface area contributed by atoms with Gasteiger partial charge < -0.3 is 5.32 Å². The summed E-state index contributed by atoms with van der Waals surface area (Å²) in [6.45, 7) is 8.23. The fourth-order valence-electron chi connectivity index (χ4n) is 3.95. The van der Waals surface area contributed by atoms with Gasteiger partial charge in [0.25, 0.3) is 5.91 Å². The maximum atomic E-state index is 13.5. The second-order valence-electron chi connectivity index (χ2n) is 7.17. The normalized spacial score (nSPS) is 19.0. The van der Waals surface area contributed by atoms with Crippen LogP contribution in [0, 0.1) is 19.7 Å². The molecule has 1 N–H and O–H groups in total. The van der Waals surface area contributed by atoms with Crippen LogP contribution in [0.25, 0.3) is 0 Å². The largest absolute Gasteiger partial charge is 0.322 e. The zero-order valence-electron chi connectivity index (χ0n) is 14.9. The number of hydrogen-bond donors (Lipinski definition) is 1. The lowest BCUT2D eigenvalue weighted by Gasteiger charge is -2.29. The molecule has 2 nitrogen and oxygen atoms in total. The number of rotatable bonds is 4. The van der Waals surface area contributed by atoms with Crippen LogP contribution in [0.4, 0.5) is 10.1 Å². The topological polar surface area (TPSA) is 29.1 Å². The minimum atomic E-state index is -1.24. The summed E-state index contributed by atoms with van der Waals surface area (Å²) in [6, 6.07) is 2.98. The molecule has 0 radical (unpaired) electrons. The predicted molar refractivity (Wildman–Crippen MR) is 99.6 cm³/mol. The minimum Gasteiger partial charge on any atom is -0.322 e. The molecule has 0 bridgehead atoms. The van der Waals surface area contributed by atoms with Crippen molar-refractivity contribution in [2.75, 3.05) is 24.3 Å². The fourth-order valence-corrected chi connectivity index (χ4v) is 8.20. The molecule has 1 atom stereocenters. The average molecular weight is 338 g/mol. The van der Waals surface area contributed by atoms with Gasteiger partial charge in [-0.25, -0.2) is 4.39 Å². The van der Waals surface area contributed by atoms with Crippen molar-refractivity contribution in [2.45, 2.75) is 58.5 Å². The molecule has 0 aliphatic carbocycles. The molecule has 0 aromatic heterocycles. The summed E-state index contributed by atoms with van der Waals surface area (Å²) >= 11 is 0. The van der Waals surface area contributed by atoms with Gasteiger partial charge in [-0.3, -0.25) is 4.79 Å². The highest BCUT2D eigenvalue weighted by Crippen LogP contribution is 2.63. The second-order valence-corrected chi connectivity index (χ2v) is 11.6. The zero-order valence-corrected chi connectivity index (χ0v) is 15.8. The summed E-state index contributed by atoms with van der Waals surface area (Å²) in [5.41, 5.74) is 2.52. The molecule has 4 heteroatoms. The zero-order chi connectivity index (χ0) is 17.0. The van der Waals surface area contributed by atoms with Gasteiger partial charge in [0.2, 0.25) is 0 Å². The minimum absolute atomic E-state index is 0.129. The Bertz CT molecular complexity index is 541. The number of aryl methyl sites for hydroxylation is 2. The van der Waals surface area contributed by atoms with E-state index in [1.807, 2.05) is 13.8 Å². The first-order valence-electron chi connectivity index (χ1n) is 8.79. The average Bonchev–Trinajstić information content (AvgIpc) is 2.69. The van der Waals surface area contributed by atoms with Crippen LogP contribution in [-0.4, -0.2) is 30.6 Å². The molecule has 2 rings (SSSR count). The SMILES string of the molecule is CCC(C(=O)Nc1c(C)cc(F)cc1C)[P+]1(C)CCCCCC1. The summed E-state index contributed by atoms with van der Waals surface area (Å²) in [4.78, 5) is 13.0. The van der Waals surface area contributed by atoms with Gasteiger partial charge in [0.05, 0.1) is 12.3 Å². The van der Waals surface area contributed by atoms with Crippen LogP contribution in [0.2, 0.25) is 0 Å². The maximum absolute atomic E-state index is 13.5. The van der Waals surface area contributed by atoms with Crippen molar-refractivity contribution >= 4 is 18.9 Å². The van der Waals surface area contributed by atoms with Gasteiger partial charge in [0, 0.05) is 19.6 Å². The molecule has 1 heterocycles. The summed E-state index contributed by atoms with van der Waals surface area (Å²) in [5, 5.41) is 3.12. The van der Waals surface area contributed by atoms with Gasteiger partial charge in [-0.15, -0.1) is 0 Å². The second kappa shape index (κ2) is 7.75. The van der Waals surface area contributed by atoms with Gasteiger partial charge in [-0.1, -0.05) is 6.92 Å². The van der Waals surface area contributed by atoms with Crippen molar-refractivity contribution in [2.24, 2.45) is 0 Å². The third-order valence-electron chi connectivity index (χ3n) is 5.28. The predicted octanol–water partition coefficient (Wildman–Crippen LogP) is 5.38. The first-order chi connectivity index (χ1) is 10.9. The van der Waals surface area contributed by atoms with Crippen LogP contribution in [-0.2, 0) is 4.79 Å². The molecule has 1 aliphatic rings. The molecule has 1 aromatic carbocycles. The van der Waals surface area contributed by atoms with Crippen molar-refractivity contribution in [3.05, 3.63) is 29.1 Å². The monoisotopic (exact) mass is 338 g/mol. The van der Waals surface area contributed by atoms with E-state index in [-0.39, 0.29) is 17.4 Å². The van der Waals surface area contributed by atoms with E-state index in [1.165, 1.54) is 50.1 Å². The lowest BCUT2D eigenvalue weighted by Crippen LogP contribution is -2.32. The number of anilines is 1. The van der Waals surface area contributed by atoms with Crippen molar-refractivity contribution in [1.82, 2.24) is 0 Å². The third kappa shape index (κ3) is 4.32. The van der Waals surface area contributed by atoms with Crippen molar-refractivity contribution in [3.63, 3.8) is 0 Å². The molecule has 0 saturated carbocycles. The molecule has 23 heavy (non-hydrogen) atoms. The number of carbonyl (C=O) groups excluding carboxylic acids is 1. The molecule has 1 aliphatic heterocycles. The van der Waals surface area contributed by atoms with Gasteiger partial charge in [-0.2, -0.15) is 0 Å². The summed E-state index contributed by atoms with van der Waals surface area (Å²) in [5.74, 6) is -0.101. The Morgan fingerprint density at radius 2 is 1.70 bits per heavy atom. The highest BCUT2D eigenvalue weighted by molar-refractivity contribution is 7.76. The molecular weight excluding hydrogens is 308 g/mol. The fraction of sp³-hybridized carbons (Fsp3) is 0.632. The Labute approximate surface area is 140 Å². The van der Waals surface area contributed by atoms with E-state index in [9.17, 15) is 9.18 Å². The highest BCUT2D eigenvalue weighted by atomic mass is 31.2. The molecule has 1 fully saturated rings. The van der Waals surface area contributed by atoms with Gasteiger partial charge in [-0.05, 0) is 69.2 Å². The first-order valence-corrected chi connectivity index (χ1v) is 11.5. The van der Waals surface area contributed by atoms with E-state index in [2.05, 4.69) is 18.9 Å². The van der Waals surface area contributed by atoms with Crippen LogP contribution >= 0.6 is 7.26 Å². The molecule has 128 valence electrons. The van der Waals surface area contributed by atoms with Crippen LogP contribution in [0.15, 0.2) is 12.1 Å². The van der Waals surface area contributed by atoms with Crippen molar-refractivity contribution in [1.29, 1.82) is 0 Å². The van der Waals surface area contributed by atoms with Crippen LogP contribution in [0.5, 0.6) is 0 Å². The smallest absolute Gasteiger partial charge is 0.265 e. The Kier molecular flexibility index (Phi) is 6.19. The number of carbonyl (C=O) groups is 1. The Morgan fingerprint density at radius 1 is 1.17 bits per heavy atom. The summed E-state index contributed by atoms with van der Waals surface area (Å²) in [7, 11) is -1.24. The van der Waals surface area contributed by atoms with Gasteiger partial charge >= 0.3 is 0 Å². The third-order valence-corrected chi connectivity index (χ3v) is 10.1. The standard InChI is InChI=1S/C19H29FNOP/c1-5-17(23(4)10-8-6-7-9-11-23)19(22)21-18-14(2)12-16(20)13-15(18)3/h12-13,17H,5-11H2,1-4H3/p+1. The molecular formula is C19H30FNOP+. The Hall–Kier alpha value is -0.950. The first kappa shape index (κ1) is 18.4. The van der Waals surface area contributed by atoms with Crippen LogP contribution in [0.1, 0.15) is 50.2 Å². The highest BCUT2D eigenvalue weighted by Gasteiger charge is 2.44. The van der Waals surface area contributed by atoms with Crippen LogP contribution in [0.3, 0.4) is 0 Å². The molecule has 1 unspecified atom stereocenters. The van der Waals surface area contributed by atoms with Crippen molar-refractivity contribution in [3.8, 4) is 0 Å². The van der Waals surface area contributed by atoms with E-state index in [1.54, 1.807) is 0 Å². The van der Waals surface area contributed by atoms with E-state index >= 15 is 0 Å². The summed E-state index contributed by atoms with van der Waals surface area (Å²) < 4.78 is 13.5. The number of nitrogens with one attached hydrogen (secondary N) is 1. The van der Waals surface area contributed by atoms with E-state index in [0.717, 1.165) is 23.2 Å². The molecule has 0 spiro atoms. The van der Waals surface area contributed by atoms with Gasteiger partial charge in [0.1, 0.15) is 11.5 Å². The Morgan fingerprint density at radius 3 is 2.17 bits per heavy atom. The summed E-state index contributed by atoms with van der Waals surface area (Å²) in [6.07, 6.45) is 8.52. The number of benzene rings is 1. The van der Waals surface area contributed by atoms with E-state index in [4.69, 9.17) is 0 Å². The number of hydrogen-bond acceptors (Lipinski definition) is 1. The lowest BCUT2D eigenvalue weighted by molar-refractivity contribution is -0.115. The van der Waals surface area contributed by atoms with Crippen LogP contribution < -0.4 is 5.32 Å². The maximum Gasteiger partial charge on any atom is 0.265 e. The molecule has 1 saturated heterocycles. The number of halogens is 1. The van der Waals surface area contributed by atoms with E-state index < -0.39 is 7.26 Å². The Balaban J connectivity index is 2.20. The van der Waals surface area contributed by atoms with Gasteiger partial charge in [0.15, 0.2) is 0 Å². The molecule has 1 aromatic rings. The lowest BCUT2D eigenvalue weighted by atomic mass is 10.1.